The van der Waals surface area contributed by atoms with Gasteiger partial charge in [-0.2, -0.15) is 0 Å². The van der Waals surface area contributed by atoms with E-state index in [1.807, 2.05) is 34.9 Å². The Balaban J connectivity index is 1.95. The van der Waals surface area contributed by atoms with Crippen LogP contribution in [0, 0.1) is 20.8 Å². The van der Waals surface area contributed by atoms with Gasteiger partial charge in [0.25, 0.3) is 0 Å². The van der Waals surface area contributed by atoms with Gasteiger partial charge >= 0.3 is 0 Å². The van der Waals surface area contributed by atoms with E-state index in [0.29, 0.717) is 11.4 Å². The maximum Gasteiger partial charge on any atom is 0.223 e. The lowest BCUT2D eigenvalue weighted by molar-refractivity contribution is -0.123. The molecule has 0 fully saturated rings. The second kappa shape index (κ2) is 9.30. The molecule has 0 aliphatic heterocycles. The Morgan fingerprint density at radius 1 is 1.26 bits per heavy atom. The van der Waals surface area contributed by atoms with E-state index in [4.69, 9.17) is 0 Å². The number of hydrogen-bond donors (Lipinski definition) is 3. The number of aryl methyl sites for hydroxylation is 3. The fourth-order valence-electron chi connectivity index (χ4n) is 3.08. The molecule has 2 atom stereocenters. The molecule has 148 valence electrons. The first-order valence-corrected chi connectivity index (χ1v) is 9.81. The molecule has 0 aliphatic rings. The molecule has 1 heterocycles. The molecule has 6 nitrogen and oxygen atoms in total. The molecular formula is C20H29N3O3S. The summed E-state index contributed by atoms with van der Waals surface area (Å²) in [6, 6.07) is 3.64. The van der Waals surface area contributed by atoms with E-state index in [-0.39, 0.29) is 24.1 Å². The second-order valence-electron chi connectivity index (χ2n) is 7.19. The lowest BCUT2D eigenvalue weighted by Gasteiger charge is -2.26. The van der Waals surface area contributed by atoms with Crippen molar-refractivity contribution in [2.75, 3.05) is 20.6 Å². The molecule has 7 heteroatoms. The maximum atomic E-state index is 12.3. The maximum absolute atomic E-state index is 12.3. The number of carbonyl (C=O) groups excluding carboxylic acids is 1. The molecule has 1 aromatic carbocycles. The summed E-state index contributed by atoms with van der Waals surface area (Å²) in [5.74, 6) is 0.0929. The van der Waals surface area contributed by atoms with Crippen LogP contribution in [0.2, 0.25) is 0 Å². The van der Waals surface area contributed by atoms with Gasteiger partial charge in [0.15, 0.2) is 0 Å². The van der Waals surface area contributed by atoms with Crippen LogP contribution in [-0.4, -0.2) is 52.7 Å². The highest BCUT2D eigenvalue weighted by atomic mass is 32.1. The zero-order chi connectivity index (χ0) is 20.1. The van der Waals surface area contributed by atoms with Crippen molar-refractivity contribution in [3.8, 4) is 5.75 Å². The number of aliphatic hydroxyl groups is 1. The summed E-state index contributed by atoms with van der Waals surface area (Å²) in [6.45, 7) is 6.33. The first-order chi connectivity index (χ1) is 12.7. The van der Waals surface area contributed by atoms with Gasteiger partial charge in [0.05, 0.1) is 22.4 Å². The molecule has 1 amide bonds. The molecule has 0 radical (unpaired) electrons. The molecule has 0 aliphatic carbocycles. The predicted octanol–water partition coefficient (Wildman–Crippen LogP) is 2.49. The lowest BCUT2D eigenvalue weighted by atomic mass is 9.95. The Hall–Kier alpha value is -1.96. The van der Waals surface area contributed by atoms with Gasteiger partial charge in [0.1, 0.15) is 5.75 Å². The number of amides is 1. The average Bonchev–Trinajstić information content (AvgIpc) is 2.99. The Morgan fingerprint density at radius 3 is 2.41 bits per heavy atom. The number of thiazole rings is 1. The number of phenolic OH excluding ortho intramolecular Hbond substituents is 1. The van der Waals surface area contributed by atoms with E-state index in [0.717, 1.165) is 22.6 Å². The number of nitrogens with one attached hydrogen (secondary N) is 1. The van der Waals surface area contributed by atoms with Crippen molar-refractivity contribution in [3.63, 3.8) is 0 Å². The molecule has 1 aromatic heterocycles. The van der Waals surface area contributed by atoms with Crippen molar-refractivity contribution in [2.24, 2.45) is 0 Å². The molecule has 0 saturated carbocycles. The first-order valence-electron chi connectivity index (χ1n) is 9.00. The Labute approximate surface area is 164 Å². The van der Waals surface area contributed by atoms with E-state index >= 15 is 0 Å². The number of likely N-dealkylation sites (N-methyl/N-ethyl adjacent to an activating group) is 1. The molecule has 2 rings (SSSR count). The molecule has 27 heavy (non-hydrogen) atoms. The van der Waals surface area contributed by atoms with Crippen molar-refractivity contribution >= 4 is 17.2 Å². The summed E-state index contributed by atoms with van der Waals surface area (Å²) >= 11 is 1.40. The van der Waals surface area contributed by atoms with Gasteiger partial charge in [0.2, 0.25) is 5.91 Å². The topological polar surface area (TPSA) is 85.7 Å². The highest BCUT2D eigenvalue weighted by Gasteiger charge is 2.19. The zero-order valence-electron chi connectivity index (χ0n) is 16.6. The van der Waals surface area contributed by atoms with Crippen LogP contribution in [0.1, 0.15) is 39.1 Å². The zero-order valence-corrected chi connectivity index (χ0v) is 17.4. The third-order valence-corrected chi connectivity index (χ3v) is 5.75. The van der Waals surface area contributed by atoms with Gasteiger partial charge < -0.3 is 20.4 Å². The van der Waals surface area contributed by atoms with Crippen LogP contribution in [0.25, 0.3) is 0 Å². The van der Waals surface area contributed by atoms with E-state index < -0.39 is 6.10 Å². The van der Waals surface area contributed by atoms with Crippen LogP contribution in [0.15, 0.2) is 18.3 Å². The smallest absolute Gasteiger partial charge is 0.223 e. The summed E-state index contributed by atoms with van der Waals surface area (Å²) in [4.78, 5) is 19.2. The number of carbonyl (C=O) groups is 1. The quantitative estimate of drug-likeness (QED) is 0.644. The van der Waals surface area contributed by atoms with E-state index in [1.165, 1.54) is 16.9 Å². The van der Waals surface area contributed by atoms with Gasteiger partial charge in [-0.1, -0.05) is 0 Å². The minimum Gasteiger partial charge on any atom is -0.508 e. The number of aromatic hydroxyl groups is 1. The van der Waals surface area contributed by atoms with Crippen LogP contribution in [-0.2, 0) is 11.2 Å². The SMILES string of the molecule is Cc1ncc([C@@H](O)CC(=O)NC[C@H](Cc2c(C)cc(O)cc2C)N(C)C)s1. The normalized spacial score (nSPS) is 13.6. The number of aromatic nitrogens is 1. The molecule has 0 unspecified atom stereocenters. The van der Waals surface area contributed by atoms with Crippen LogP contribution in [0.5, 0.6) is 5.75 Å². The fraction of sp³-hybridized carbons (Fsp3) is 0.500. The number of phenols is 1. The molecule has 0 bridgehead atoms. The highest BCUT2D eigenvalue weighted by molar-refractivity contribution is 7.11. The van der Waals surface area contributed by atoms with Crippen molar-refractivity contribution in [2.45, 2.75) is 45.8 Å². The van der Waals surface area contributed by atoms with E-state index in [1.54, 1.807) is 18.3 Å². The Bertz CT molecular complexity index is 766. The number of nitrogens with zero attached hydrogens (tertiary/aromatic N) is 2. The number of rotatable bonds is 8. The molecule has 3 N–H and O–H groups in total. The fourth-order valence-corrected chi connectivity index (χ4v) is 3.85. The van der Waals surface area contributed by atoms with Gasteiger partial charge in [-0.05, 0) is 70.1 Å². The monoisotopic (exact) mass is 391 g/mol. The summed E-state index contributed by atoms with van der Waals surface area (Å²) in [7, 11) is 3.97. The molecule has 2 aromatic rings. The lowest BCUT2D eigenvalue weighted by Crippen LogP contribution is -2.42. The van der Waals surface area contributed by atoms with Gasteiger partial charge in [-0.15, -0.1) is 11.3 Å². The highest BCUT2D eigenvalue weighted by Crippen LogP contribution is 2.24. The van der Waals surface area contributed by atoms with Gasteiger partial charge in [-0.25, -0.2) is 4.98 Å². The van der Waals surface area contributed by atoms with Crippen LogP contribution in [0.3, 0.4) is 0 Å². The third kappa shape index (κ3) is 6.02. The van der Waals surface area contributed by atoms with E-state index in [2.05, 4.69) is 15.2 Å². The van der Waals surface area contributed by atoms with Crippen molar-refractivity contribution in [1.82, 2.24) is 15.2 Å². The average molecular weight is 392 g/mol. The summed E-state index contributed by atoms with van der Waals surface area (Å²) in [5.41, 5.74) is 3.27. The van der Waals surface area contributed by atoms with Crippen molar-refractivity contribution in [3.05, 3.63) is 44.9 Å². The number of benzene rings is 1. The standard InChI is InChI=1S/C20H29N3O3S/c1-12-6-16(24)7-13(2)17(12)8-15(23(4)5)10-22-20(26)9-18(25)19-11-21-14(3)27-19/h6-7,11,15,18,24-25H,8-10H2,1-5H3,(H,22,26)/t15-,18-/m0/s1. The largest absolute Gasteiger partial charge is 0.508 e. The van der Waals surface area contributed by atoms with Crippen LogP contribution >= 0.6 is 11.3 Å². The number of hydrogen-bond acceptors (Lipinski definition) is 6. The summed E-state index contributed by atoms with van der Waals surface area (Å²) < 4.78 is 0. The second-order valence-corrected chi connectivity index (χ2v) is 8.45. The first kappa shape index (κ1) is 21.3. The molecule has 0 spiro atoms. The van der Waals surface area contributed by atoms with E-state index in [9.17, 15) is 15.0 Å². The number of aliphatic hydroxyl groups excluding tert-OH is 1. The van der Waals surface area contributed by atoms with Crippen molar-refractivity contribution < 1.29 is 15.0 Å². The molecular weight excluding hydrogens is 362 g/mol. The van der Waals surface area contributed by atoms with Gasteiger partial charge in [-0.3, -0.25) is 4.79 Å². The third-order valence-electron chi connectivity index (χ3n) is 4.73. The minimum atomic E-state index is -0.824. The minimum absolute atomic E-state index is 0.0268. The van der Waals surface area contributed by atoms with Crippen molar-refractivity contribution in [1.29, 1.82) is 0 Å². The summed E-state index contributed by atoms with van der Waals surface area (Å²) in [5, 5.41) is 23.7. The van der Waals surface area contributed by atoms with Crippen LogP contribution < -0.4 is 5.32 Å². The molecule has 0 saturated heterocycles. The van der Waals surface area contributed by atoms with Gasteiger partial charge in [0, 0.05) is 18.8 Å². The Kier molecular flexibility index (Phi) is 7.35. The predicted molar refractivity (Wildman–Crippen MR) is 108 cm³/mol. The van der Waals surface area contributed by atoms with Crippen LogP contribution in [0.4, 0.5) is 0 Å². The summed E-state index contributed by atoms with van der Waals surface area (Å²) in [6.07, 6.45) is 1.59. The Morgan fingerprint density at radius 2 is 1.89 bits per heavy atom.